The van der Waals surface area contributed by atoms with Crippen LogP contribution in [0.5, 0.6) is 0 Å². The average Bonchev–Trinajstić information content (AvgIpc) is 1.29. The van der Waals surface area contributed by atoms with Gasteiger partial charge in [-0.3, -0.25) is 0 Å². The van der Waals surface area contributed by atoms with Crippen LogP contribution < -0.4 is 0 Å². The number of hydrogen-bond donors (Lipinski definition) is 0. The number of fused-ring (bicyclic) bond motifs is 27. The van der Waals surface area contributed by atoms with Crippen LogP contribution in [0, 0.1) is 0 Å². The maximum atomic E-state index is 7.01. The van der Waals surface area contributed by atoms with Crippen molar-refractivity contribution in [3.63, 3.8) is 0 Å². The highest BCUT2D eigenvalue weighted by molar-refractivity contribution is 6.28. The fourth-order valence-corrected chi connectivity index (χ4v) is 23.1. The van der Waals surface area contributed by atoms with E-state index in [1.807, 2.05) is 0 Å². The largest absolute Gasteiger partial charge is 0.455 e. The first-order valence-corrected chi connectivity index (χ1v) is 49.1. The average molecular weight is 1820 g/mol. The van der Waals surface area contributed by atoms with Crippen molar-refractivity contribution >= 4 is 174 Å². The summed E-state index contributed by atoms with van der Waals surface area (Å²) in [6, 6.07) is 185. The molecule has 0 atom stereocenters. The van der Waals surface area contributed by atoms with Crippen molar-refractivity contribution in [2.75, 3.05) is 0 Å². The molecule has 0 unspecified atom stereocenters. The molecule has 0 radical (unpaired) electrons. The molecule has 5 nitrogen and oxygen atoms in total. The number of para-hydroxylation sites is 3. The Bertz CT molecular complexity index is 10100. The second kappa shape index (κ2) is 32.9. The molecule has 0 aliphatic heterocycles. The molecule has 0 fully saturated rings. The monoisotopic (exact) mass is 1820 g/mol. The van der Waals surface area contributed by atoms with Gasteiger partial charge in [-0.1, -0.05) is 382 Å². The molecule has 5 heterocycles. The van der Waals surface area contributed by atoms with E-state index in [9.17, 15) is 0 Å². The highest BCUT2D eigenvalue weighted by Crippen LogP contribution is 2.50. The number of furan rings is 3. The van der Waals surface area contributed by atoms with Gasteiger partial charge < -0.3 is 22.4 Å². The summed E-state index contributed by atoms with van der Waals surface area (Å²) in [5.74, 6) is 0. The van der Waals surface area contributed by atoms with Gasteiger partial charge in [0.2, 0.25) is 0 Å². The third-order valence-electron chi connectivity index (χ3n) is 30.0. The van der Waals surface area contributed by atoms with Crippen molar-refractivity contribution in [3.8, 4) is 123 Å². The van der Waals surface area contributed by atoms with Crippen LogP contribution >= 0.6 is 0 Å². The van der Waals surface area contributed by atoms with Crippen molar-refractivity contribution in [1.29, 1.82) is 0 Å². The number of benzene rings is 25. The van der Waals surface area contributed by atoms with Gasteiger partial charge in [-0.15, -0.1) is 0 Å². The molecule has 0 bridgehead atoms. The maximum Gasteiger partial charge on any atom is 0.143 e. The summed E-state index contributed by atoms with van der Waals surface area (Å²) in [6.07, 6.45) is 0. The van der Waals surface area contributed by atoms with E-state index in [0.717, 1.165) is 182 Å². The molecule has 0 N–H and O–H groups in total. The van der Waals surface area contributed by atoms with Gasteiger partial charge in [0.05, 0.1) is 22.1 Å². The zero-order valence-electron chi connectivity index (χ0n) is 77.6. The predicted molar refractivity (Wildman–Crippen MR) is 603 cm³/mol. The minimum atomic E-state index is 0.860. The van der Waals surface area contributed by atoms with Crippen molar-refractivity contribution in [3.05, 3.63) is 510 Å². The molecule has 0 amide bonds. The molecule has 5 heteroatoms. The van der Waals surface area contributed by atoms with Gasteiger partial charge in [-0.05, 0) is 281 Å². The molecule has 143 heavy (non-hydrogen) atoms. The molecule has 25 aromatic carbocycles. The molecule has 0 aliphatic carbocycles. The van der Waals surface area contributed by atoms with E-state index in [4.69, 9.17) is 13.3 Å². The van der Waals surface area contributed by atoms with Crippen molar-refractivity contribution in [2.24, 2.45) is 0 Å². The predicted octanol–water partition coefficient (Wildman–Crippen LogP) is 38.9. The van der Waals surface area contributed by atoms with E-state index in [1.54, 1.807) is 0 Å². The van der Waals surface area contributed by atoms with E-state index in [0.29, 0.717) is 0 Å². The lowest BCUT2D eigenvalue weighted by Gasteiger charge is -2.13. The minimum absolute atomic E-state index is 0.860. The molecular weight excluding hydrogens is 1730 g/mol. The lowest BCUT2D eigenvalue weighted by atomic mass is 9.92. The number of hydrogen-bond acceptors (Lipinski definition) is 3. The highest BCUT2D eigenvalue weighted by Gasteiger charge is 2.26. The van der Waals surface area contributed by atoms with Crippen LogP contribution in [0.15, 0.2) is 523 Å². The highest BCUT2D eigenvalue weighted by atomic mass is 16.3. The van der Waals surface area contributed by atoms with Crippen LogP contribution in [0.2, 0.25) is 0 Å². The Labute approximate surface area is 822 Å². The van der Waals surface area contributed by atoms with Crippen LogP contribution in [0.25, 0.3) is 297 Å². The van der Waals surface area contributed by atoms with Gasteiger partial charge in [-0.2, -0.15) is 0 Å². The topological polar surface area (TPSA) is 49.3 Å². The van der Waals surface area contributed by atoms with E-state index in [-0.39, 0.29) is 0 Å². The lowest BCUT2D eigenvalue weighted by Crippen LogP contribution is -1.94. The fraction of sp³-hybridized carbons (Fsp3) is 0. The molecule has 30 rings (SSSR count). The minimum Gasteiger partial charge on any atom is -0.455 e. The van der Waals surface area contributed by atoms with Crippen molar-refractivity contribution < 1.29 is 13.3 Å². The first kappa shape index (κ1) is 81.3. The Kier molecular flexibility index (Phi) is 18.7. The Morgan fingerprint density at radius 3 is 0.741 bits per heavy atom. The quantitative estimate of drug-likeness (QED) is 0.115. The second-order valence-electron chi connectivity index (χ2n) is 37.9. The van der Waals surface area contributed by atoms with E-state index < -0.39 is 0 Å². The van der Waals surface area contributed by atoms with Crippen LogP contribution in [-0.4, -0.2) is 9.13 Å². The van der Waals surface area contributed by atoms with E-state index >= 15 is 0 Å². The van der Waals surface area contributed by atoms with Gasteiger partial charge in [0, 0.05) is 87.5 Å². The van der Waals surface area contributed by atoms with Crippen LogP contribution in [0.1, 0.15) is 0 Å². The van der Waals surface area contributed by atoms with Crippen LogP contribution in [-0.2, 0) is 0 Å². The van der Waals surface area contributed by atoms with Gasteiger partial charge in [0.15, 0.2) is 0 Å². The molecule has 664 valence electrons. The summed E-state index contributed by atoms with van der Waals surface area (Å²) in [4.78, 5) is 0. The van der Waals surface area contributed by atoms with Crippen molar-refractivity contribution in [1.82, 2.24) is 9.13 Å². The van der Waals surface area contributed by atoms with Gasteiger partial charge in [-0.25, -0.2) is 0 Å². The molecule has 0 saturated heterocycles. The standard InChI is InChI=1S/C84H51NO2.C54H33NO/c1-5-17-52(18-6-1)58-34-41-81-75(44-58)77-50-62(54-21-9-3-10-22-54)48-70(83(77)86-81)60-32-39-79-73(46-60)74-47-61(71-49-63(55-23-11-4-12-24-55)51-78-76-45-59(53-19-7-2-8-20-53)35-42-82(76)87-84(71)78)33-40-80(74)85(79)64-36-29-56(30-37-64)57-31-38-69-67-27-14-13-25-65(67)66-26-15-16-28-68(66)72(69)43-57;1-2-12-35(13-3-1)39-19-10-21-47-48-22-11-20-40(54(48)56-53(39)47)37-27-31-52-50(33-37)46-18-8-9-23-51(46)55(52)38-28-24-34(25-29-38)36-26-30-45-43-16-5-4-14-41(43)42-15-6-7-17-44(42)49(45)32-36/h1-51H;1-33H. The van der Waals surface area contributed by atoms with Crippen LogP contribution in [0.4, 0.5) is 0 Å². The zero-order chi connectivity index (χ0) is 93.8. The van der Waals surface area contributed by atoms with Crippen LogP contribution in [0.3, 0.4) is 0 Å². The molecule has 0 spiro atoms. The fourth-order valence-electron chi connectivity index (χ4n) is 23.1. The Balaban J connectivity index is 0.000000150. The Morgan fingerprint density at radius 1 is 0.112 bits per heavy atom. The number of aromatic nitrogens is 2. The molecule has 5 aromatic heterocycles. The summed E-state index contributed by atoms with van der Waals surface area (Å²) in [6.45, 7) is 0. The number of rotatable bonds is 12. The third kappa shape index (κ3) is 13.4. The molecule has 0 saturated carbocycles. The van der Waals surface area contributed by atoms with E-state index in [1.165, 1.54) is 114 Å². The molecular formula is C138H84N2O3. The first-order valence-electron chi connectivity index (χ1n) is 49.1. The smallest absolute Gasteiger partial charge is 0.143 e. The Hall–Kier alpha value is -18.9. The summed E-state index contributed by atoms with van der Waals surface area (Å²) in [5, 5.41) is 26.7. The molecule has 30 aromatic rings. The number of nitrogens with zero attached hydrogens (tertiary/aromatic N) is 2. The second-order valence-corrected chi connectivity index (χ2v) is 37.9. The lowest BCUT2D eigenvalue weighted by molar-refractivity contribution is 0.669. The summed E-state index contributed by atoms with van der Waals surface area (Å²) < 4.78 is 25.7. The normalized spacial score (nSPS) is 11.9. The van der Waals surface area contributed by atoms with E-state index in [2.05, 4.69) is 519 Å². The van der Waals surface area contributed by atoms with Gasteiger partial charge in [0.25, 0.3) is 0 Å². The van der Waals surface area contributed by atoms with Gasteiger partial charge in [0.1, 0.15) is 33.5 Å². The third-order valence-corrected chi connectivity index (χ3v) is 30.0. The maximum absolute atomic E-state index is 7.01. The SMILES string of the molecule is c1ccc(-c2ccc3oc4c(-c5ccc6c(c5)c5cc(-c7cc(-c8ccccc8)cc8c7oc7ccc(-c9ccccc9)cc78)ccc5n6-c5ccc(-c6ccc7c8ccccc8c8ccccc8c7c6)cc5)cc(-c5ccccc5)cc4c3c2)cc1.c1ccc(-c2cccc3c2oc2c(-c4ccc5c(c4)c4ccccc4n5-c4ccc(-c5ccc6c7ccccc7c7ccccc7c6c5)cc4)cccc23)cc1. The summed E-state index contributed by atoms with van der Waals surface area (Å²) in [7, 11) is 0. The Morgan fingerprint density at radius 2 is 0.357 bits per heavy atom. The summed E-state index contributed by atoms with van der Waals surface area (Å²) >= 11 is 0. The zero-order valence-corrected chi connectivity index (χ0v) is 77.6. The van der Waals surface area contributed by atoms with Crippen molar-refractivity contribution in [2.45, 2.75) is 0 Å². The summed E-state index contributed by atoms with van der Waals surface area (Å²) in [5.41, 5.74) is 34.8. The first-order chi connectivity index (χ1) is 70.9. The van der Waals surface area contributed by atoms with Gasteiger partial charge >= 0.3 is 0 Å². The molecule has 0 aliphatic rings.